The highest BCUT2D eigenvalue weighted by molar-refractivity contribution is 8.00. The monoisotopic (exact) mass is 514 g/mol. The Morgan fingerprint density at radius 1 is 1.38 bits per heavy atom. The van der Waals surface area contributed by atoms with Gasteiger partial charge in [0.25, 0.3) is 11.8 Å². The Kier molecular flexibility index (Phi) is 6.24. The molecule has 4 rings (SSSR count). The van der Waals surface area contributed by atoms with Crippen LogP contribution in [0.15, 0.2) is 35.1 Å². The third kappa shape index (κ3) is 4.37. The van der Waals surface area contributed by atoms with Crippen LogP contribution in [0, 0.1) is 0 Å². The van der Waals surface area contributed by atoms with Crippen molar-refractivity contribution in [1.82, 2.24) is 19.6 Å². The summed E-state index contributed by atoms with van der Waals surface area (Å²) in [5, 5.41) is 15.7. The van der Waals surface area contributed by atoms with Crippen LogP contribution in [-0.2, 0) is 14.4 Å². The minimum absolute atomic E-state index is 0.0944. The van der Waals surface area contributed by atoms with Crippen molar-refractivity contribution in [3.05, 3.63) is 45.8 Å². The lowest BCUT2D eigenvalue weighted by Crippen LogP contribution is -2.69. The van der Waals surface area contributed by atoms with Crippen molar-refractivity contribution < 1.29 is 24.3 Å². The van der Waals surface area contributed by atoms with Gasteiger partial charge >= 0.3 is 5.97 Å². The Morgan fingerprint density at radius 2 is 2.16 bits per heavy atom. The smallest absolute Gasteiger partial charge is 0.333 e. The number of anilines is 1. The van der Waals surface area contributed by atoms with Crippen molar-refractivity contribution in [2.75, 3.05) is 11.5 Å². The van der Waals surface area contributed by atoms with Gasteiger partial charge < -0.3 is 25.9 Å². The molecule has 0 saturated carbocycles. The predicted molar refractivity (Wildman–Crippen MR) is 119 cm³/mol. The van der Waals surface area contributed by atoms with Crippen molar-refractivity contribution in [1.29, 1.82) is 0 Å². The van der Waals surface area contributed by atoms with Crippen LogP contribution in [0.3, 0.4) is 0 Å². The summed E-state index contributed by atoms with van der Waals surface area (Å²) < 4.78 is 3.97. The SMILES string of the molecule is Nc1nc(C(=NOc2ccc(Cl)cc2Cl)C(=O)NC2C(=O)N3C=C(C(=O)O)CS[C@H]23)ns1. The van der Waals surface area contributed by atoms with Gasteiger partial charge in [-0.25, -0.2) is 4.79 Å². The topological polar surface area (TPSA) is 160 Å². The number of nitrogens with one attached hydrogen (secondary N) is 1. The number of fused-ring (bicyclic) bond motifs is 1. The fraction of sp³-hybridized carbons (Fsp3) is 0.176. The molecule has 1 fully saturated rings. The zero-order valence-electron chi connectivity index (χ0n) is 15.7. The number of carboxylic acid groups (broad SMARTS) is 1. The van der Waals surface area contributed by atoms with E-state index in [1.54, 1.807) is 0 Å². The van der Waals surface area contributed by atoms with Gasteiger partial charge in [-0.05, 0) is 18.2 Å². The first kappa shape index (κ1) is 22.3. The number of amides is 2. The zero-order chi connectivity index (χ0) is 23.0. The number of halogens is 2. The van der Waals surface area contributed by atoms with Gasteiger partial charge in [-0.1, -0.05) is 28.4 Å². The summed E-state index contributed by atoms with van der Waals surface area (Å²) in [7, 11) is 0. The second-order valence-electron chi connectivity index (χ2n) is 6.42. The molecule has 2 amide bonds. The van der Waals surface area contributed by atoms with Crippen LogP contribution in [0.1, 0.15) is 5.82 Å². The van der Waals surface area contributed by atoms with E-state index in [9.17, 15) is 14.4 Å². The maximum Gasteiger partial charge on any atom is 0.333 e. The first-order chi connectivity index (χ1) is 15.2. The van der Waals surface area contributed by atoms with Crippen molar-refractivity contribution in [2.24, 2.45) is 5.16 Å². The molecule has 15 heteroatoms. The number of carbonyl (C=O) groups is 3. The second-order valence-corrected chi connectivity index (χ2v) is 9.15. The molecule has 0 bridgehead atoms. The van der Waals surface area contributed by atoms with Crippen LogP contribution in [-0.4, -0.2) is 60.0 Å². The Morgan fingerprint density at radius 3 is 2.81 bits per heavy atom. The number of nitrogens with two attached hydrogens (primary N) is 1. The standard InChI is InChI=1S/C17H12Cl2N6O5S2/c18-7-1-2-9(8(19)3-7)30-23-10(12-22-17(20)32-24-12)13(26)21-11-14(27)25-4-6(16(28)29)5-31-15(11)25/h1-4,11,15H,5H2,(H,21,26)(H,28,29)(H2,20,22,24)/t11?,15-/m1/s1. The number of hydrogen-bond donors (Lipinski definition) is 3. The Labute approximate surface area is 198 Å². The van der Waals surface area contributed by atoms with Crippen LogP contribution in [0.25, 0.3) is 0 Å². The highest BCUT2D eigenvalue weighted by Gasteiger charge is 2.50. The van der Waals surface area contributed by atoms with Gasteiger partial charge in [0.15, 0.2) is 10.9 Å². The van der Waals surface area contributed by atoms with Crippen molar-refractivity contribution in [3.8, 4) is 5.75 Å². The molecule has 11 nitrogen and oxygen atoms in total. The highest BCUT2D eigenvalue weighted by Crippen LogP contribution is 2.36. The Bertz CT molecular complexity index is 1190. The lowest BCUT2D eigenvalue weighted by Gasteiger charge is -2.46. The number of benzene rings is 1. The van der Waals surface area contributed by atoms with Gasteiger partial charge in [0.1, 0.15) is 11.4 Å². The second kappa shape index (κ2) is 8.94. The number of nitrogens with zero attached hydrogens (tertiary/aromatic N) is 4. The van der Waals surface area contributed by atoms with E-state index in [4.69, 9.17) is 38.9 Å². The summed E-state index contributed by atoms with van der Waals surface area (Å²) >= 11 is 14.0. The van der Waals surface area contributed by atoms with Crippen molar-refractivity contribution >= 4 is 75.1 Å². The molecule has 2 aliphatic heterocycles. The number of oxime groups is 1. The largest absolute Gasteiger partial charge is 0.478 e. The number of β-lactam (4-membered cyclic amide) rings is 1. The van der Waals surface area contributed by atoms with Gasteiger partial charge in [-0.15, -0.1) is 11.8 Å². The Hall–Kier alpha value is -2.87. The molecule has 0 radical (unpaired) electrons. The number of thioether (sulfide) groups is 1. The van der Waals surface area contributed by atoms with Crippen LogP contribution in [0.2, 0.25) is 10.0 Å². The maximum atomic E-state index is 12.9. The van der Waals surface area contributed by atoms with E-state index >= 15 is 0 Å². The minimum Gasteiger partial charge on any atom is -0.478 e. The number of rotatable bonds is 6. The average Bonchev–Trinajstić information content (AvgIpc) is 3.18. The first-order valence-corrected chi connectivity index (χ1v) is 11.3. The summed E-state index contributed by atoms with van der Waals surface area (Å²) in [6.07, 6.45) is 1.28. The van der Waals surface area contributed by atoms with Crippen LogP contribution in [0.5, 0.6) is 5.75 Å². The lowest BCUT2D eigenvalue weighted by atomic mass is 10.1. The number of carboxylic acids is 1. The third-order valence-electron chi connectivity index (χ3n) is 4.34. The molecule has 1 saturated heterocycles. The van der Waals surface area contributed by atoms with E-state index < -0.39 is 29.2 Å². The van der Waals surface area contributed by atoms with Crippen LogP contribution in [0.4, 0.5) is 5.13 Å². The van der Waals surface area contributed by atoms with E-state index in [1.807, 2.05) is 0 Å². The molecule has 1 aromatic heterocycles. The van der Waals surface area contributed by atoms with Crippen LogP contribution >= 0.6 is 46.5 Å². The maximum absolute atomic E-state index is 12.9. The number of aliphatic carboxylic acids is 1. The van der Waals surface area contributed by atoms with E-state index in [0.717, 1.165) is 11.5 Å². The molecule has 1 aromatic carbocycles. The highest BCUT2D eigenvalue weighted by atomic mass is 35.5. The molecular weight excluding hydrogens is 503 g/mol. The number of carbonyl (C=O) groups excluding carboxylic acids is 2. The van der Waals surface area contributed by atoms with E-state index in [0.29, 0.717) is 5.02 Å². The van der Waals surface area contributed by atoms with Gasteiger partial charge in [0.2, 0.25) is 11.5 Å². The quantitative estimate of drug-likeness (QED) is 0.295. The zero-order valence-corrected chi connectivity index (χ0v) is 18.8. The molecule has 0 spiro atoms. The van der Waals surface area contributed by atoms with Gasteiger partial charge in [0.05, 0.1) is 10.6 Å². The van der Waals surface area contributed by atoms with Crippen molar-refractivity contribution in [3.63, 3.8) is 0 Å². The summed E-state index contributed by atoms with van der Waals surface area (Å²) in [5.74, 6) is -2.11. The average molecular weight is 515 g/mol. The van der Waals surface area contributed by atoms with Gasteiger partial charge in [0, 0.05) is 28.5 Å². The fourth-order valence-electron chi connectivity index (χ4n) is 2.80. The molecule has 1 unspecified atom stereocenters. The summed E-state index contributed by atoms with van der Waals surface area (Å²) in [6, 6.07) is 3.54. The number of nitrogen functional groups attached to an aromatic ring is 1. The number of hydrogen-bond acceptors (Lipinski definition) is 10. The van der Waals surface area contributed by atoms with E-state index in [-0.39, 0.29) is 38.8 Å². The minimum atomic E-state index is -1.10. The predicted octanol–water partition coefficient (Wildman–Crippen LogP) is 1.58. The number of aromatic nitrogens is 2. The van der Waals surface area contributed by atoms with Gasteiger partial charge in [-0.3, -0.25) is 9.59 Å². The molecule has 2 aliphatic rings. The van der Waals surface area contributed by atoms with Gasteiger partial charge in [-0.2, -0.15) is 9.36 Å². The molecule has 4 N–H and O–H groups in total. The molecular formula is C17H12Cl2N6O5S2. The summed E-state index contributed by atoms with van der Waals surface area (Å²) in [4.78, 5) is 47.0. The normalized spacial score (nSPS) is 20.2. The molecule has 166 valence electrons. The fourth-order valence-corrected chi connectivity index (χ4v) is 4.93. The van der Waals surface area contributed by atoms with Crippen LogP contribution < -0.4 is 15.9 Å². The molecule has 3 heterocycles. The molecule has 2 atom stereocenters. The molecule has 0 aliphatic carbocycles. The van der Waals surface area contributed by atoms with E-state index in [1.165, 1.54) is 41.1 Å². The molecule has 2 aromatic rings. The third-order valence-corrected chi connectivity index (χ3v) is 6.74. The molecule has 32 heavy (non-hydrogen) atoms. The first-order valence-electron chi connectivity index (χ1n) is 8.73. The summed E-state index contributed by atoms with van der Waals surface area (Å²) in [5.41, 5.74) is 5.39. The Balaban J connectivity index is 1.54. The summed E-state index contributed by atoms with van der Waals surface area (Å²) in [6.45, 7) is 0. The van der Waals surface area contributed by atoms with E-state index in [2.05, 4.69) is 19.8 Å². The lowest BCUT2D eigenvalue weighted by molar-refractivity contribution is -0.144. The van der Waals surface area contributed by atoms with Crippen molar-refractivity contribution in [2.45, 2.75) is 11.4 Å².